The first-order valence-corrected chi connectivity index (χ1v) is 7.22. The zero-order chi connectivity index (χ0) is 12.6. The van der Waals surface area contributed by atoms with Crippen LogP contribution < -0.4 is 0 Å². The fourth-order valence-corrected chi connectivity index (χ4v) is 3.26. The lowest BCUT2D eigenvalue weighted by Crippen LogP contribution is -2.32. The Hall–Kier alpha value is -0.410. The molecule has 0 aliphatic carbocycles. The Labute approximate surface area is 114 Å². The number of nitrogens with zero attached hydrogens (tertiary/aromatic N) is 1. The molecule has 0 aromatic carbocycles. The molecule has 2 heterocycles. The number of thiol groups is 1. The molecule has 0 radical (unpaired) electrons. The number of allylic oxidation sites excluding steroid dienone is 4. The minimum Gasteiger partial charge on any atom is -0.276 e. The maximum Gasteiger partial charge on any atom is 0.0924 e. The van der Waals surface area contributed by atoms with Crippen LogP contribution in [0.25, 0.3) is 0 Å². The molecular formula is C14H19NS2. The third-order valence-corrected chi connectivity index (χ3v) is 5.26. The maximum absolute atomic E-state index is 4.80. The van der Waals surface area contributed by atoms with Crippen LogP contribution in [-0.4, -0.2) is 16.3 Å². The van der Waals surface area contributed by atoms with E-state index in [9.17, 15) is 0 Å². The molecule has 2 rings (SSSR count). The molecule has 2 bridgehead atoms. The number of fused-ring (bicyclic) bond motifs is 2. The van der Waals surface area contributed by atoms with E-state index in [-0.39, 0.29) is 4.75 Å². The highest BCUT2D eigenvalue weighted by Crippen LogP contribution is 2.43. The lowest BCUT2D eigenvalue weighted by molar-refractivity contribution is 0.811. The van der Waals surface area contributed by atoms with Gasteiger partial charge in [0.25, 0.3) is 0 Å². The summed E-state index contributed by atoms with van der Waals surface area (Å²) < 4.78 is -0.236. The number of aliphatic imine (C=N–C) groups is 1. The van der Waals surface area contributed by atoms with Crippen molar-refractivity contribution >= 4 is 29.4 Å². The minimum atomic E-state index is -0.236. The molecule has 1 nitrogen and oxygen atoms in total. The lowest BCUT2D eigenvalue weighted by atomic mass is 9.96. The van der Waals surface area contributed by atoms with E-state index in [1.165, 1.54) is 16.1 Å². The molecule has 1 atom stereocenters. The summed E-state index contributed by atoms with van der Waals surface area (Å²) in [7, 11) is 0. The van der Waals surface area contributed by atoms with E-state index in [0.29, 0.717) is 5.92 Å². The minimum absolute atomic E-state index is 0.236. The predicted molar refractivity (Wildman–Crippen MR) is 82.0 cm³/mol. The van der Waals surface area contributed by atoms with Crippen molar-refractivity contribution in [1.82, 2.24) is 0 Å². The highest BCUT2D eigenvalue weighted by atomic mass is 32.2. The van der Waals surface area contributed by atoms with Crippen LogP contribution in [0.3, 0.4) is 0 Å². The van der Waals surface area contributed by atoms with Gasteiger partial charge >= 0.3 is 0 Å². The summed E-state index contributed by atoms with van der Waals surface area (Å²) in [6, 6.07) is 0. The Morgan fingerprint density at radius 2 is 2.12 bits per heavy atom. The SMILES string of the molecule is CC1=C/C=C2/C=C(C(C)C)SC(=NC1)C2(C)S. The van der Waals surface area contributed by atoms with Gasteiger partial charge in [0.15, 0.2) is 0 Å². The van der Waals surface area contributed by atoms with Crippen LogP contribution in [0.2, 0.25) is 0 Å². The van der Waals surface area contributed by atoms with Crippen LogP contribution in [-0.2, 0) is 0 Å². The van der Waals surface area contributed by atoms with E-state index in [0.717, 1.165) is 11.6 Å². The van der Waals surface area contributed by atoms with Gasteiger partial charge in [0.1, 0.15) is 0 Å². The fourth-order valence-electron chi connectivity index (χ4n) is 1.82. The van der Waals surface area contributed by atoms with Gasteiger partial charge in [0.2, 0.25) is 0 Å². The first kappa shape index (κ1) is 13.0. The van der Waals surface area contributed by atoms with E-state index in [1.54, 1.807) is 11.8 Å². The zero-order valence-corrected chi connectivity index (χ0v) is 12.5. The topological polar surface area (TPSA) is 12.4 Å². The Morgan fingerprint density at radius 3 is 2.76 bits per heavy atom. The number of thioether (sulfide) groups is 1. The van der Waals surface area contributed by atoms with E-state index in [1.807, 2.05) is 0 Å². The van der Waals surface area contributed by atoms with Gasteiger partial charge in [0, 0.05) is 0 Å². The summed E-state index contributed by atoms with van der Waals surface area (Å²) in [5, 5.41) is 1.13. The van der Waals surface area contributed by atoms with E-state index in [2.05, 4.69) is 45.9 Å². The number of rotatable bonds is 1. The summed E-state index contributed by atoms with van der Waals surface area (Å²) in [6.07, 6.45) is 6.63. The number of hydrogen-bond donors (Lipinski definition) is 1. The highest BCUT2D eigenvalue weighted by molar-refractivity contribution is 8.18. The van der Waals surface area contributed by atoms with E-state index in [4.69, 9.17) is 17.6 Å². The van der Waals surface area contributed by atoms with E-state index < -0.39 is 0 Å². The van der Waals surface area contributed by atoms with Crippen molar-refractivity contribution in [2.24, 2.45) is 10.9 Å². The second-order valence-corrected chi connectivity index (χ2v) is 7.09. The van der Waals surface area contributed by atoms with Crippen molar-refractivity contribution in [1.29, 1.82) is 0 Å². The van der Waals surface area contributed by atoms with Gasteiger partial charge in [-0.3, -0.25) is 4.99 Å². The van der Waals surface area contributed by atoms with Crippen LogP contribution >= 0.6 is 24.4 Å². The second kappa shape index (κ2) is 4.69. The third-order valence-electron chi connectivity index (χ3n) is 3.08. The zero-order valence-electron chi connectivity index (χ0n) is 10.8. The molecule has 3 heteroatoms. The summed E-state index contributed by atoms with van der Waals surface area (Å²) in [5.41, 5.74) is 2.55. The van der Waals surface area contributed by atoms with Crippen LogP contribution in [0.15, 0.2) is 39.3 Å². The van der Waals surface area contributed by atoms with Gasteiger partial charge in [-0.1, -0.05) is 43.3 Å². The predicted octanol–water partition coefficient (Wildman–Crippen LogP) is 4.25. The van der Waals surface area contributed by atoms with Gasteiger partial charge < -0.3 is 0 Å². The molecular weight excluding hydrogens is 246 g/mol. The summed E-state index contributed by atoms with van der Waals surface area (Å²) in [6.45, 7) is 9.49. The van der Waals surface area contributed by atoms with Crippen molar-refractivity contribution < 1.29 is 0 Å². The largest absolute Gasteiger partial charge is 0.276 e. The molecule has 0 saturated carbocycles. The second-order valence-electron chi connectivity index (χ2n) is 5.13. The fraction of sp³-hybridized carbons (Fsp3) is 0.500. The van der Waals surface area contributed by atoms with Gasteiger partial charge in [0.05, 0.1) is 16.3 Å². The maximum atomic E-state index is 4.80. The Kier molecular flexibility index (Phi) is 3.60. The Balaban J connectivity index is 2.55. The van der Waals surface area contributed by atoms with Gasteiger partial charge in [-0.05, 0) is 36.3 Å². The quantitative estimate of drug-likeness (QED) is 0.699. The monoisotopic (exact) mass is 265 g/mol. The van der Waals surface area contributed by atoms with Crippen molar-refractivity contribution in [2.45, 2.75) is 32.4 Å². The first-order valence-electron chi connectivity index (χ1n) is 5.96. The van der Waals surface area contributed by atoms with Crippen LogP contribution in [0.5, 0.6) is 0 Å². The molecule has 0 spiro atoms. The van der Waals surface area contributed by atoms with Crippen molar-refractivity contribution in [2.75, 3.05) is 6.54 Å². The molecule has 0 aromatic rings. The standard InChI is InChI=1S/C14H19NS2/c1-9(2)12-7-11-6-5-10(3)8-15-13(17-12)14(11,4)16/h5-7,9,16H,8H2,1-4H3/b10-5?,11-6-,15-13?. The van der Waals surface area contributed by atoms with Crippen molar-refractivity contribution in [3.63, 3.8) is 0 Å². The highest BCUT2D eigenvalue weighted by Gasteiger charge is 2.35. The van der Waals surface area contributed by atoms with Crippen molar-refractivity contribution in [3.05, 3.63) is 34.3 Å². The molecule has 0 N–H and O–H groups in total. The number of hydrogen-bond acceptors (Lipinski definition) is 3. The average Bonchev–Trinajstić information content (AvgIpc) is 2.25. The Morgan fingerprint density at radius 1 is 1.41 bits per heavy atom. The molecule has 0 amide bonds. The molecule has 1 unspecified atom stereocenters. The van der Waals surface area contributed by atoms with Crippen molar-refractivity contribution in [3.8, 4) is 0 Å². The lowest BCUT2D eigenvalue weighted by Gasteiger charge is -2.34. The molecule has 0 saturated heterocycles. The smallest absolute Gasteiger partial charge is 0.0924 e. The molecule has 2 aliphatic heterocycles. The Bertz CT molecular complexity index is 451. The first-order chi connectivity index (χ1) is 7.91. The van der Waals surface area contributed by atoms with Crippen LogP contribution in [0.4, 0.5) is 0 Å². The summed E-state index contributed by atoms with van der Waals surface area (Å²) in [5.74, 6) is 0.544. The van der Waals surface area contributed by atoms with Gasteiger partial charge in [-0.25, -0.2) is 0 Å². The molecule has 0 aromatic heterocycles. The van der Waals surface area contributed by atoms with Crippen LogP contribution in [0.1, 0.15) is 27.7 Å². The van der Waals surface area contributed by atoms with Gasteiger partial charge in [-0.2, -0.15) is 12.6 Å². The summed E-state index contributed by atoms with van der Waals surface area (Å²) >= 11 is 6.59. The van der Waals surface area contributed by atoms with Gasteiger partial charge in [-0.15, -0.1) is 0 Å². The average molecular weight is 265 g/mol. The van der Waals surface area contributed by atoms with Crippen LogP contribution in [0, 0.1) is 5.92 Å². The van der Waals surface area contributed by atoms with E-state index >= 15 is 0 Å². The molecule has 92 valence electrons. The normalized spacial score (nSPS) is 31.9. The third kappa shape index (κ3) is 2.55. The molecule has 17 heavy (non-hydrogen) atoms. The molecule has 2 aliphatic rings. The summed E-state index contributed by atoms with van der Waals surface area (Å²) in [4.78, 5) is 6.11. The molecule has 0 fully saturated rings.